The van der Waals surface area contributed by atoms with Crippen LogP contribution in [-0.2, 0) is 6.54 Å². The maximum atomic E-state index is 12.3. The highest BCUT2D eigenvalue weighted by Gasteiger charge is 2.20. The van der Waals surface area contributed by atoms with E-state index >= 15 is 0 Å². The Hall–Kier alpha value is -4.57. The van der Waals surface area contributed by atoms with Crippen LogP contribution in [0.5, 0.6) is 5.75 Å². The van der Waals surface area contributed by atoms with Crippen molar-refractivity contribution in [3.8, 4) is 16.9 Å². The highest BCUT2D eigenvalue weighted by atomic mass is 16.3. The molecule has 6 rings (SSSR count). The number of nitrogens with zero attached hydrogens (tertiary/aromatic N) is 1. The largest absolute Gasteiger partial charge is 0.507 e. The van der Waals surface area contributed by atoms with Crippen LogP contribution < -0.4 is 5.73 Å². The van der Waals surface area contributed by atoms with Gasteiger partial charge in [0.1, 0.15) is 5.75 Å². The van der Waals surface area contributed by atoms with Gasteiger partial charge >= 0.3 is 0 Å². The van der Waals surface area contributed by atoms with Crippen molar-refractivity contribution in [2.45, 2.75) is 6.54 Å². The second kappa shape index (κ2) is 7.78. The van der Waals surface area contributed by atoms with Gasteiger partial charge in [-0.1, -0.05) is 78.9 Å². The average Bonchev–Trinajstić information content (AvgIpc) is 3.18. The smallest absolute Gasteiger partial charge is 0.249 e. The molecule has 0 saturated heterocycles. The summed E-state index contributed by atoms with van der Waals surface area (Å²) in [6.07, 6.45) is 0. The highest BCUT2D eigenvalue weighted by Crippen LogP contribution is 2.40. The number of fused-ring (bicyclic) bond motifs is 4. The summed E-state index contributed by atoms with van der Waals surface area (Å²) in [5, 5.41) is 14.9. The zero-order chi connectivity index (χ0) is 23.2. The fourth-order valence-corrected chi connectivity index (χ4v) is 5.01. The fourth-order valence-electron chi connectivity index (χ4n) is 5.01. The Balaban J connectivity index is 1.69. The predicted octanol–water partition coefficient (Wildman–Crippen LogP) is 6.47. The van der Waals surface area contributed by atoms with E-state index in [4.69, 9.17) is 5.73 Å². The lowest BCUT2D eigenvalue weighted by Crippen LogP contribution is -2.11. The van der Waals surface area contributed by atoms with E-state index in [-0.39, 0.29) is 5.75 Å². The predicted molar refractivity (Wildman–Crippen MR) is 138 cm³/mol. The Morgan fingerprint density at radius 2 is 1.47 bits per heavy atom. The summed E-state index contributed by atoms with van der Waals surface area (Å²) in [6.45, 7) is 0.585. The summed E-state index contributed by atoms with van der Waals surface area (Å²) in [5.41, 5.74) is 11.0. The van der Waals surface area contributed by atoms with Crippen LogP contribution in [0.2, 0.25) is 0 Å². The molecule has 0 radical (unpaired) electrons. The normalized spacial score (nSPS) is 11.4. The number of amides is 1. The van der Waals surface area contributed by atoms with Crippen LogP contribution >= 0.6 is 0 Å². The Morgan fingerprint density at radius 1 is 0.735 bits per heavy atom. The van der Waals surface area contributed by atoms with E-state index in [1.54, 1.807) is 12.1 Å². The van der Waals surface area contributed by atoms with Crippen LogP contribution in [0.15, 0.2) is 103 Å². The molecule has 1 heterocycles. The molecule has 0 fully saturated rings. The molecule has 4 heteroatoms. The molecule has 4 nitrogen and oxygen atoms in total. The summed E-state index contributed by atoms with van der Waals surface area (Å²) in [6, 6.07) is 34.0. The van der Waals surface area contributed by atoms with Crippen LogP contribution in [0.1, 0.15) is 15.9 Å². The maximum Gasteiger partial charge on any atom is 0.249 e. The number of benzene rings is 5. The summed E-state index contributed by atoms with van der Waals surface area (Å²) in [4.78, 5) is 12.3. The van der Waals surface area contributed by atoms with Gasteiger partial charge in [-0.15, -0.1) is 0 Å². The van der Waals surface area contributed by atoms with E-state index in [1.165, 1.54) is 10.8 Å². The second-order valence-corrected chi connectivity index (χ2v) is 8.54. The molecule has 0 aliphatic carbocycles. The molecule has 164 valence electrons. The molecule has 0 bridgehead atoms. The number of primary amides is 1. The van der Waals surface area contributed by atoms with E-state index in [0.29, 0.717) is 22.9 Å². The summed E-state index contributed by atoms with van der Waals surface area (Å²) >= 11 is 0. The van der Waals surface area contributed by atoms with Crippen molar-refractivity contribution < 1.29 is 9.90 Å². The van der Waals surface area contributed by atoms with Gasteiger partial charge in [-0.3, -0.25) is 4.79 Å². The van der Waals surface area contributed by atoms with Crippen LogP contribution in [0.25, 0.3) is 43.7 Å². The number of nitrogens with two attached hydrogens (primary N) is 1. The molecule has 3 N–H and O–H groups in total. The van der Waals surface area contributed by atoms with Gasteiger partial charge in [0, 0.05) is 17.5 Å². The summed E-state index contributed by atoms with van der Waals surface area (Å²) in [5.74, 6) is -0.381. The van der Waals surface area contributed by atoms with Crippen molar-refractivity contribution in [2.75, 3.05) is 0 Å². The molecule has 5 aromatic carbocycles. The number of aromatic hydroxyl groups is 1. The molecule has 1 amide bonds. The molecule has 0 unspecified atom stereocenters. The topological polar surface area (TPSA) is 68.2 Å². The number of phenols is 1. The third kappa shape index (κ3) is 3.11. The van der Waals surface area contributed by atoms with Crippen LogP contribution in [0.4, 0.5) is 0 Å². The van der Waals surface area contributed by atoms with Gasteiger partial charge in [0.25, 0.3) is 0 Å². The first-order valence-electron chi connectivity index (χ1n) is 11.2. The number of hydrogen-bond acceptors (Lipinski definition) is 2. The minimum Gasteiger partial charge on any atom is -0.507 e. The number of carbonyl (C=O) groups excluding carboxylic acids is 1. The second-order valence-electron chi connectivity index (χ2n) is 8.54. The van der Waals surface area contributed by atoms with Gasteiger partial charge in [0.15, 0.2) is 0 Å². The lowest BCUT2D eigenvalue weighted by molar-refractivity contribution is 0.100. The Bertz CT molecular complexity index is 1710. The first kappa shape index (κ1) is 20.1. The standard InChI is InChI=1S/C30H22N2O2/c31-30(34)24-14-7-15-25-28(24)29-26(16-22(17-27(29)33)19-8-2-1-3-9-19)32(25)18-21-12-6-11-20-10-4-5-13-23(20)21/h1-17,33H,18H2,(H2,31,34). The van der Waals surface area contributed by atoms with Crippen molar-refractivity contribution in [1.82, 2.24) is 4.57 Å². The summed E-state index contributed by atoms with van der Waals surface area (Å²) < 4.78 is 2.17. The van der Waals surface area contributed by atoms with Crippen molar-refractivity contribution >= 4 is 38.5 Å². The average molecular weight is 443 g/mol. The van der Waals surface area contributed by atoms with E-state index in [0.717, 1.165) is 27.7 Å². The molecule has 1 aromatic heterocycles. The van der Waals surface area contributed by atoms with Gasteiger partial charge < -0.3 is 15.4 Å². The minimum absolute atomic E-state index is 0.131. The Kier molecular flexibility index (Phi) is 4.59. The van der Waals surface area contributed by atoms with Gasteiger partial charge in [-0.2, -0.15) is 0 Å². The quantitative estimate of drug-likeness (QED) is 0.329. The highest BCUT2D eigenvalue weighted by molar-refractivity contribution is 6.20. The molecule has 34 heavy (non-hydrogen) atoms. The van der Waals surface area contributed by atoms with Gasteiger partial charge in [0.2, 0.25) is 5.91 Å². The number of carbonyl (C=O) groups is 1. The SMILES string of the molecule is NC(=O)c1cccc2c1c1c(O)cc(-c3ccccc3)cc1n2Cc1cccc2ccccc12. The number of phenolic OH excluding ortho intramolecular Hbond substituents is 1. The van der Waals surface area contributed by atoms with Gasteiger partial charge in [-0.25, -0.2) is 0 Å². The first-order chi connectivity index (χ1) is 16.6. The lowest BCUT2D eigenvalue weighted by atomic mass is 10.0. The molecule has 6 aromatic rings. The Morgan fingerprint density at radius 3 is 2.29 bits per heavy atom. The number of aromatic nitrogens is 1. The molecule has 0 aliphatic heterocycles. The van der Waals surface area contributed by atoms with Crippen LogP contribution in [0.3, 0.4) is 0 Å². The van der Waals surface area contributed by atoms with Crippen LogP contribution in [0, 0.1) is 0 Å². The fraction of sp³-hybridized carbons (Fsp3) is 0.0333. The third-order valence-corrected chi connectivity index (χ3v) is 6.55. The monoisotopic (exact) mass is 442 g/mol. The van der Waals surface area contributed by atoms with E-state index in [1.807, 2.05) is 54.6 Å². The minimum atomic E-state index is -0.513. The zero-order valence-electron chi connectivity index (χ0n) is 18.4. The van der Waals surface area contributed by atoms with Crippen molar-refractivity contribution in [1.29, 1.82) is 0 Å². The lowest BCUT2D eigenvalue weighted by Gasteiger charge is -2.12. The van der Waals surface area contributed by atoms with Crippen LogP contribution in [-0.4, -0.2) is 15.6 Å². The summed E-state index contributed by atoms with van der Waals surface area (Å²) in [7, 11) is 0. The van der Waals surface area contributed by atoms with Crippen molar-refractivity contribution in [3.05, 3.63) is 114 Å². The molecule has 0 aliphatic rings. The Labute approximate surface area is 196 Å². The molecular formula is C30H22N2O2. The molecule has 0 spiro atoms. The first-order valence-corrected chi connectivity index (χ1v) is 11.2. The molecule has 0 saturated carbocycles. The van der Waals surface area contributed by atoms with Gasteiger partial charge in [-0.05, 0) is 51.7 Å². The molecular weight excluding hydrogens is 420 g/mol. The van der Waals surface area contributed by atoms with Crippen molar-refractivity contribution in [3.63, 3.8) is 0 Å². The third-order valence-electron chi connectivity index (χ3n) is 6.55. The van der Waals surface area contributed by atoms with Crippen molar-refractivity contribution in [2.24, 2.45) is 5.73 Å². The maximum absolute atomic E-state index is 12.3. The zero-order valence-corrected chi connectivity index (χ0v) is 18.4. The number of hydrogen-bond donors (Lipinski definition) is 2. The van der Waals surface area contributed by atoms with Gasteiger partial charge in [0.05, 0.1) is 16.4 Å². The van der Waals surface area contributed by atoms with E-state index in [9.17, 15) is 9.90 Å². The van der Waals surface area contributed by atoms with E-state index in [2.05, 4.69) is 41.0 Å². The number of rotatable bonds is 4. The molecule has 0 atom stereocenters. The van der Waals surface area contributed by atoms with E-state index < -0.39 is 5.91 Å².